The van der Waals surface area contributed by atoms with E-state index in [1.54, 1.807) is 20.8 Å². The highest BCUT2D eigenvalue weighted by Crippen LogP contribution is 2.59. The zero-order chi connectivity index (χ0) is 26.5. The maximum atomic E-state index is 13.8. The largest absolute Gasteiger partial charge is 0.462 e. The van der Waals surface area contributed by atoms with Gasteiger partial charge in [-0.1, -0.05) is 27.4 Å². The van der Waals surface area contributed by atoms with Gasteiger partial charge >= 0.3 is 17.9 Å². The summed E-state index contributed by atoms with van der Waals surface area (Å²) in [5.41, 5.74) is -1.08. The highest BCUT2D eigenvalue weighted by Gasteiger charge is 2.63. The zero-order valence-corrected chi connectivity index (χ0v) is 21.3. The summed E-state index contributed by atoms with van der Waals surface area (Å²) < 4.78 is 17.1. The Morgan fingerprint density at radius 1 is 1.03 bits per heavy atom. The average molecular weight is 493 g/mol. The molecule has 3 aliphatic carbocycles. The van der Waals surface area contributed by atoms with E-state index < -0.39 is 77.4 Å². The van der Waals surface area contributed by atoms with E-state index >= 15 is 0 Å². The fourth-order valence-electron chi connectivity index (χ4n) is 6.76. The minimum absolute atomic E-state index is 0.0546. The van der Waals surface area contributed by atoms with Crippen molar-refractivity contribution in [2.24, 2.45) is 22.7 Å². The maximum Gasteiger partial charge on any atom is 0.303 e. The number of esters is 3. The van der Waals surface area contributed by atoms with Gasteiger partial charge in [0.25, 0.3) is 0 Å². The van der Waals surface area contributed by atoms with Crippen molar-refractivity contribution < 1.29 is 43.6 Å². The van der Waals surface area contributed by atoms with Crippen LogP contribution in [0.2, 0.25) is 0 Å². The highest BCUT2D eigenvalue weighted by atomic mass is 16.6. The molecule has 3 aliphatic rings. The first-order valence-electron chi connectivity index (χ1n) is 11.9. The lowest BCUT2D eigenvalue weighted by Crippen LogP contribution is -2.63. The van der Waals surface area contributed by atoms with Crippen LogP contribution in [0, 0.1) is 22.7 Å². The summed E-state index contributed by atoms with van der Waals surface area (Å²) in [4.78, 5) is 50.1. The van der Waals surface area contributed by atoms with Crippen LogP contribution in [-0.2, 0) is 33.4 Å². The second kappa shape index (κ2) is 9.50. The molecule has 2 fully saturated rings. The van der Waals surface area contributed by atoms with Gasteiger partial charge in [-0.15, -0.1) is 0 Å². The van der Waals surface area contributed by atoms with Crippen LogP contribution < -0.4 is 0 Å². The summed E-state index contributed by atoms with van der Waals surface area (Å²) in [6.45, 7) is 12.8. The number of aliphatic hydroxyl groups excluding tert-OH is 2. The van der Waals surface area contributed by atoms with Crippen LogP contribution in [0.1, 0.15) is 60.8 Å². The van der Waals surface area contributed by atoms with Crippen LogP contribution in [-0.4, -0.2) is 64.9 Å². The molecule has 9 heteroatoms. The molecule has 0 radical (unpaired) electrons. The Balaban J connectivity index is 2.32. The fourth-order valence-corrected chi connectivity index (χ4v) is 6.76. The van der Waals surface area contributed by atoms with Crippen LogP contribution in [0.4, 0.5) is 0 Å². The van der Waals surface area contributed by atoms with E-state index in [9.17, 15) is 29.4 Å². The molecule has 0 saturated heterocycles. The number of hydrogen-bond donors (Lipinski definition) is 2. The van der Waals surface area contributed by atoms with E-state index in [4.69, 9.17) is 14.2 Å². The quantitative estimate of drug-likeness (QED) is 0.343. The first-order chi connectivity index (χ1) is 16.2. The summed E-state index contributed by atoms with van der Waals surface area (Å²) in [6.07, 6.45) is -3.27. The Morgan fingerprint density at radius 2 is 1.60 bits per heavy atom. The molecule has 35 heavy (non-hydrogen) atoms. The van der Waals surface area contributed by atoms with Crippen LogP contribution in [0.3, 0.4) is 0 Å². The summed E-state index contributed by atoms with van der Waals surface area (Å²) >= 11 is 0. The van der Waals surface area contributed by atoms with Gasteiger partial charge in [0, 0.05) is 55.4 Å². The van der Waals surface area contributed by atoms with Crippen molar-refractivity contribution in [1.82, 2.24) is 0 Å². The van der Waals surface area contributed by atoms with Gasteiger partial charge in [-0.25, -0.2) is 0 Å². The molecular weight excluding hydrogens is 456 g/mol. The van der Waals surface area contributed by atoms with Crippen molar-refractivity contribution in [3.63, 3.8) is 0 Å². The molecule has 0 amide bonds. The van der Waals surface area contributed by atoms with E-state index in [2.05, 4.69) is 6.58 Å². The Kier molecular flexibility index (Phi) is 7.35. The van der Waals surface area contributed by atoms with E-state index in [0.717, 1.165) is 0 Å². The molecule has 194 valence electrons. The number of Topliss-reactive ketones (excluding diaryl/α,β-unsaturated/α-hetero) is 1. The lowest BCUT2D eigenvalue weighted by Gasteiger charge is -2.58. The Labute approximate surface area is 205 Å². The van der Waals surface area contributed by atoms with Gasteiger partial charge in [-0.05, 0) is 24.0 Å². The third-order valence-electron chi connectivity index (χ3n) is 8.07. The second-order valence-corrected chi connectivity index (χ2v) is 10.8. The number of carbonyl (C=O) groups is 4. The number of hydrogen-bond acceptors (Lipinski definition) is 9. The minimum atomic E-state index is -1.48. The molecule has 0 spiro atoms. The number of ether oxygens (including phenoxy) is 3. The molecule has 2 saturated carbocycles. The van der Waals surface area contributed by atoms with Gasteiger partial charge in [0.05, 0.1) is 6.61 Å². The van der Waals surface area contributed by atoms with Crippen molar-refractivity contribution in [3.8, 4) is 0 Å². The molecule has 0 heterocycles. The molecule has 3 rings (SSSR count). The van der Waals surface area contributed by atoms with Gasteiger partial charge in [-0.3, -0.25) is 19.2 Å². The van der Waals surface area contributed by atoms with Crippen molar-refractivity contribution in [3.05, 3.63) is 23.3 Å². The van der Waals surface area contributed by atoms with Gasteiger partial charge in [0.15, 0.2) is 5.78 Å². The van der Waals surface area contributed by atoms with Gasteiger partial charge in [-0.2, -0.15) is 0 Å². The molecule has 9 nitrogen and oxygen atoms in total. The van der Waals surface area contributed by atoms with Crippen molar-refractivity contribution in [1.29, 1.82) is 0 Å². The molecule has 2 bridgehead atoms. The highest BCUT2D eigenvalue weighted by molar-refractivity contribution is 6.01. The predicted octanol–water partition coefficient (Wildman–Crippen LogP) is 2.03. The van der Waals surface area contributed by atoms with E-state index in [1.165, 1.54) is 20.8 Å². The van der Waals surface area contributed by atoms with Crippen LogP contribution in [0.15, 0.2) is 23.3 Å². The lowest BCUT2D eigenvalue weighted by atomic mass is 9.49. The third-order valence-corrected chi connectivity index (χ3v) is 8.07. The minimum Gasteiger partial charge on any atom is -0.462 e. The number of fused-ring (bicyclic) bond motifs is 3. The Hall–Kier alpha value is -2.52. The summed E-state index contributed by atoms with van der Waals surface area (Å²) in [5, 5.41) is 21.6. The topological polar surface area (TPSA) is 136 Å². The standard InChI is InChI=1S/C26H36O9/c1-12-17(33-13(2)28)8-9-26(7)19(12)23(35-15(4)30)21-18(34-14(3)29)10-16(11-27)20(25(21,5)6)22(31)24(26)32/h17-19,21,23-24,27,32H,1,8-11H2,2-7H3/t17-,18-,19-,21-,23-,24+,26+/m0/s1. The molecular formula is C26H36O9. The number of carbonyl (C=O) groups excluding carboxylic acids is 4. The van der Waals surface area contributed by atoms with Gasteiger partial charge < -0.3 is 24.4 Å². The molecule has 0 aromatic carbocycles. The van der Waals surface area contributed by atoms with Gasteiger partial charge in [0.1, 0.15) is 24.4 Å². The maximum absolute atomic E-state index is 13.8. The Morgan fingerprint density at radius 3 is 2.11 bits per heavy atom. The van der Waals surface area contributed by atoms with Crippen LogP contribution in [0.25, 0.3) is 0 Å². The SMILES string of the molecule is C=C1[C@@H](OC(C)=O)CC[C@@]2(C)[C@H](O)C(=O)C3=C(CO)C[C@H](OC(C)=O)[C@@H]([C@@H](OC(C)=O)[C@H]12)C3(C)C. The number of aliphatic hydroxyl groups is 2. The van der Waals surface area contributed by atoms with E-state index in [1.807, 2.05) is 0 Å². The first kappa shape index (κ1) is 27.1. The monoisotopic (exact) mass is 492 g/mol. The van der Waals surface area contributed by atoms with Gasteiger partial charge in [0.2, 0.25) is 0 Å². The molecule has 0 aromatic rings. The summed E-state index contributed by atoms with van der Waals surface area (Å²) in [5.74, 6) is -3.63. The first-order valence-corrected chi connectivity index (χ1v) is 11.9. The van der Waals surface area contributed by atoms with Crippen molar-refractivity contribution in [2.45, 2.75) is 85.2 Å². The van der Waals surface area contributed by atoms with Crippen LogP contribution in [0.5, 0.6) is 0 Å². The molecule has 0 unspecified atom stereocenters. The second-order valence-electron chi connectivity index (χ2n) is 10.8. The predicted molar refractivity (Wildman–Crippen MR) is 124 cm³/mol. The molecule has 0 aromatic heterocycles. The van der Waals surface area contributed by atoms with E-state index in [0.29, 0.717) is 17.6 Å². The smallest absolute Gasteiger partial charge is 0.303 e. The van der Waals surface area contributed by atoms with Crippen molar-refractivity contribution in [2.75, 3.05) is 6.61 Å². The molecule has 0 aliphatic heterocycles. The molecule has 7 atom stereocenters. The summed E-state index contributed by atoms with van der Waals surface area (Å²) in [6, 6.07) is 0. The number of ketones is 1. The number of rotatable bonds is 4. The summed E-state index contributed by atoms with van der Waals surface area (Å²) in [7, 11) is 0. The van der Waals surface area contributed by atoms with E-state index in [-0.39, 0.29) is 18.4 Å². The Bertz CT molecular complexity index is 977. The average Bonchev–Trinajstić information content (AvgIpc) is 2.72. The lowest BCUT2D eigenvalue weighted by molar-refractivity contribution is -0.189. The molecule has 2 N–H and O–H groups in total. The normalized spacial score (nSPS) is 36.5. The van der Waals surface area contributed by atoms with Crippen molar-refractivity contribution >= 4 is 23.7 Å². The zero-order valence-electron chi connectivity index (χ0n) is 21.3. The third kappa shape index (κ3) is 4.56. The fraction of sp³-hybridized carbons (Fsp3) is 0.692. The van der Waals surface area contributed by atoms with Crippen LogP contribution >= 0.6 is 0 Å².